The van der Waals surface area contributed by atoms with E-state index in [-0.39, 0.29) is 11.9 Å². The highest BCUT2D eigenvalue weighted by atomic mass is 16.5. The van der Waals surface area contributed by atoms with Crippen molar-refractivity contribution in [1.29, 1.82) is 0 Å². The number of ether oxygens (including phenoxy) is 1. The molecule has 1 aliphatic heterocycles. The molecular weight excluding hydrogens is 390 g/mol. The van der Waals surface area contributed by atoms with Crippen molar-refractivity contribution in [3.8, 4) is 16.9 Å². The summed E-state index contributed by atoms with van der Waals surface area (Å²) in [5.41, 5.74) is 4.49. The summed E-state index contributed by atoms with van der Waals surface area (Å²) < 4.78 is 5.33. The van der Waals surface area contributed by atoms with Gasteiger partial charge < -0.3 is 20.7 Å². The fraction of sp³-hybridized carbons (Fsp3) is 0.120. The van der Waals surface area contributed by atoms with Crippen LogP contribution in [0.15, 0.2) is 90.1 Å². The van der Waals surface area contributed by atoms with Gasteiger partial charge in [-0.3, -0.25) is 4.79 Å². The average Bonchev–Trinajstić information content (AvgIpc) is 2.79. The molecule has 3 aromatic rings. The minimum absolute atomic E-state index is 0.313. The predicted molar refractivity (Wildman–Crippen MR) is 121 cm³/mol. The number of benzene rings is 3. The number of urea groups is 1. The van der Waals surface area contributed by atoms with Gasteiger partial charge in [0.05, 0.1) is 24.4 Å². The first-order chi connectivity index (χ1) is 15.1. The fourth-order valence-electron chi connectivity index (χ4n) is 3.68. The van der Waals surface area contributed by atoms with Crippen LogP contribution in [0, 0.1) is 0 Å². The number of rotatable bonds is 5. The van der Waals surface area contributed by atoms with Crippen LogP contribution < -0.4 is 20.7 Å². The Hall–Kier alpha value is -4.06. The molecule has 6 nitrogen and oxygen atoms in total. The van der Waals surface area contributed by atoms with Gasteiger partial charge in [-0.25, -0.2) is 4.79 Å². The molecule has 0 radical (unpaired) electrons. The average molecular weight is 413 g/mol. The highest BCUT2D eigenvalue weighted by Gasteiger charge is 2.31. The predicted octanol–water partition coefficient (Wildman–Crippen LogP) is 4.63. The van der Waals surface area contributed by atoms with Crippen molar-refractivity contribution in [1.82, 2.24) is 10.6 Å². The first-order valence-corrected chi connectivity index (χ1v) is 9.95. The fourth-order valence-corrected chi connectivity index (χ4v) is 3.68. The van der Waals surface area contributed by atoms with Crippen LogP contribution in [0.25, 0.3) is 11.1 Å². The van der Waals surface area contributed by atoms with Crippen molar-refractivity contribution in [2.45, 2.75) is 13.0 Å². The Labute approximate surface area is 180 Å². The van der Waals surface area contributed by atoms with E-state index < -0.39 is 6.04 Å². The van der Waals surface area contributed by atoms with Crippen molar-refractivity contribution >= 4 is 17.6 Å². The zero-order valence-electron chi connectivity index (χ0n) is 17.3. The Morgan fingerprint density at radius 1 is 0.903 bits per heavy atom. The van der Waals surface area contributed by atoms with E-state index in [9.17, 15) is 9.59 Å². The molecule has 4 rings (SSSR count). The molecule has 0 bridgehead atoms. The van der Waals surface area contributed by atoms with E-state index in [1.807, 2.05) is 66.7 Å². The van der Waals surface area contributed by atoms with Crippen LogP contribution in [0.1, 0.15) is 18.5 Å². The van der Waals surface area contributed by atoms with Crippen molar-refractivity contribution in [2.24, 2.45) is 0 Å². The smallest absolute Gasteiger partial charge is 0.319 e. The third-order valence-corrected chi connectivity index (χ3v) is 5.22. The van der Waals surface area contributed by atoms with Gasteiger partial charge in [0.15, 0.2) is 0 Å². The largest absolute Gasteiger partial charge is 0.495 e. The Bertz CT molecular complexity index is 1140. The van der Waals surface area contributed by atoms with Crippen molar-refractivity contribution in [3.05, 3.63) is 95.7 Å². The third-order valence-electron chi connectivity index (χ3n) is 5.22. The number of anilines is 1. The van der Waals surface area contributed by atoms with Crippen molar-refractivity contribution in [3.63, 3.8) is 0 Å². The van der Waals surface area contributed by atoms with E-state index in [0.29, 0.717) is 22.7 Å². The summed E-state index contributed by atoms with van der Waals surface area (Å²) in [6.45, 7) is 1.72. The number of hydrogen-bond acceptors (Lipinski definition) is 3. The lowest BCUT2D eigenvalue weighted by Gasteiger charge is -2.29. The van der Waals surface area contributed by atoms with E-state index in [1.54, 1.807) is 26.2 Å². The van der Waals surface area contributed by atoms with Gasteiger partial charge in [-0.15, -0.1) is 0 Å². The minimum Gasteiger partial charge on any atom is -0.495 e. The van der Waals surface area contributed by atoms with E-state index >= 15 is 0 Å². The number of para-hydroxylation sites is 2. The second-order valence-corrected chi connectivity index (χ2v) is 7.21. The lowest BCUT2D eigenvalue weighted by molar-refractivity contribution is -0.113. The maximum absolute atomic E-state index is 13.2. The molecule has 0 saturated carbocycles. The molecule has 0 aliphatic carbocycles. The summed E-state index contributed by atoms with van der Waals surface area (Å²) >= 11 is 0. The van der Waals surface area contributed by atoms with Crippen molar-refractivity contribution in [2.75, 3.05) is 12.4 Å². The van der Waals surface area contributed by atoms with Crippen LogP contribution in [0.4, 0.5) is 10.5 Å². The minimum atomic E-state index is -0.576. The number of carbonyl (C=O) groups is 2. The Morgan fingerprint density at radius 3 is 2.26 bits per heavy atom. The van der Waals surface area contributed by atoms with Crippen LogP contribution in [-0.2, 0) is 4.79 Å². The zero-order chi connectivity index (χ0) is 21.8. The van der Waals surface area contributed by atoms with E-state index in [1.165, 1.54) is 0 Å². The van der Waals surface area contributed by atoms with Gasteiger partial charge in [0, 0.05) is 5.70 Å². The summed E-state index contributed by atoms with van der Waals surface area (Å²) in [4.78, 5) is 25.4. The molecule has 6 heteroatoms. The first kappa shape index (κ1) is 20.2. The standard InChI is InChI=1S/C25H23N3O3/c1-16-22(24(29)27-20-10-6-7-11-21(20)31-2)23(28-25(30)26-16)19-14-12-18(13-15-19)17-8-4-3-5-9-17/h3-15,23H,1-2H3,(H,27,29)(H2,26,28,30)/t23-/m0/s1. The molecule has 31 heavy (non-hydrogen) atoms. The third kappa shape index (κ3) is 4.28. The van der Waals surface area contributed by atoms with Gasteiger partial charge in [0.1, 0.15) is 5.75 Å². The second-order valence-electron chi connectivity index (χ2n) is 7.21. The summed E-state index contributed by atoms with van der Waals surface area (Å²) in [5, 5.41) is 8.47. The quantitative estimate of drug-likeness (QED) is 0.571. The number of hydrogen-bond donors (Lipinski definition) is 3. The lowest BCUT2D eigenvalue weighted by atomic mass is 9.93. The highest BCUT2D eigenvalue weighted by molar-refractivity contribution is 6.07. The molecule has 1 atom stereocenters. The monoisotopic (exact) mass is 413 g/mol. The number of amides is 3. The van der Waals surface area contributed by atoms with Gasteiger partial charge in [-0.1, -0.05) is 66.7 Å². The van der Waals surface area contributed by atoms with Gasteiger partial charge in [0.2, 0.25) is 0 Å². The summed E-state index contributed by atoms with van der Waals surface area (Å²) in [7, 11) is 1.55. The molecule has 3 N–H and O–H groups in total. The molecule has 1 heterocycles. The topological polar surface area (TPSA) is 79.5 Å². The van der Waals surface area contributed by atoms with E-state index in [0.717, 1.165) is 16.7 Å². The number of carbonyl (C=O) groups excluding carboxylic acids is 2. The van der Waals surface area contributed by atoms with Crippen LogP contribution in [0.5, 0.6) is 5.75 Å². The first-order valence-electron chi connectivity index (χ1n) is 9.95. The Morgan fingerprint density at radius 2 is 1.55 bits per heavy atom. The van der Waals surface area contributed by atoms with Gasteiger partial charge >= 0.3 is 6.03 Å². The van der Waals surface area contributed by atoms with Crippen LogP contribution in [-0.4, -0.2) is 19.0 Å². The highest BCUT2D eigenvalue weighted by Crippen LogP contribution is 2.31. The SMILES string of the molecule is COc1ccccc1NC(=O)C1=C(C)NC(=O)N[C@H]1c1ccc(-c2ccccc2)cc1. The molecule has 3 aromatic carbocycles. The maximum Gasteiger partial charge on any atom is 0.319 e. The molecule has 0 unspecified atom stereocenters. The molecule has 0 aromatic heterocycles. The molecule has 0 fully saturated rings. The molecule has 3 amide bonds. The maximum atomic E-state index is 13.2. The molecule has 156 valence electrons. The molecular formula is C25H23N3O3. The molecule has 0 spiro atoms. The number of nitrogens with one attached hydrogen (secondary N) is 3. The van der Waals surface area contributed by atoms with E-state index in [2.05, 4.69) is 16.0 Å². The van der Waals surface area contributed by atoms with E-state index in [4.69, 9.17) is 4.74 Å². The van der Waals surface area contributed by atoms with Crippen LogP contribution in [0.3, 0.4) is 0 Å². The second kappa shape index (κ2) is 8.75. The summed E-state index contributed by atoms with van der Waals surface area (Å²) in [5.74, 6) is 0.248. The van der Waals surface area contributed by atoms with Crippen molar-refractivity contribution < 1.29 is 14.3 Å². The summed E-state index contributed by atoms with van der Waals surface area (Å²) in [6.07, 6.45) is 0. The molecule has 1 aliphatic rings. The zero-order valence-corrected chi connectivity index (χ0v) is 17.3. The van der Waals surface area contributed by atoms with Gasteiger partial charge in [0.25, 0.3) is 5.91 Å². The Kier molecular flexibility index (Phi) is 5.71. The van der Waals surface area contributed by atoms with Gasteiger partial charge in [-0.2, -0.15) is 0 Å². The number of allylic oxidation sites excluding steroid dienone is 1. The normalized spacial score (nSPS) is 15.7. The number of methoxy groups -OCH3 is 1. The molecule has 0 saturated heterocycles. The van der Waals surface area contributed by atoms with Crippen LogP contribution >= 0.6 is 0 Å². The Balaban J connectivity index is 1.65. The van der Waals surface area contributed by atoms with Crippen LogP contribution in [0.2, 0.25) is 0 Å². The lowest BCUT2D eigenvalue weighted by Crippen LogP contribution is -2.45. The van der Waals surface area contributed by atoms with Gasteiger partial charge in [-0.05, 0) is 35.7 Å². The summed E-state index contributed by atoms with van der Waals surface area (Å²) in [6, 6.07) is 24.2.